The van der Waals surface area contributed by atoms with Gasteiger partial charge in [0.15, 0.2) is 0 Å². The van der Waals surface area contributed by atoms with E-state index in [9.17, 15) is 5.11 Å². The highest BCUT2D eigenvalue weighted by Crippen LogP contribution is 2.27. The van der Waals surface area contributed by atoms with Gasteiger partial charge in [-0.05, 0) is 0 Å². The Kier molecular flexibility index (Phi) is 2.91. The van der Waals surface area contributed by atoms with Crippen LogP contribution in [0, 0.1) is 0 Å². The van der Waals surface area contributed by atoms with Gasteiger partial charge in [0.2, 0.25) is 5.79 Å². The maximum atomic E-state index is 9.61. The van der Waals surface area contributed by atoms with Gasteiger partial charge in [-0.15, -0.1) is 0 Å². The highest BCUT2D eigenvalue weighted by Gasteiger charge is 2.41. The van der Waals surface area contributed by atoms with E-state index >= 15 is 0 Å². The molecule has 0 spiro atoms. The van der Waals surface area contributed by atoms with E-state index in [4.69, 9.17) is 9.47 Å². The molecular weight excluding hydrogens is 247 g/mol. The second-order valence-electron chi connectivity index (χ2n) is 2.34. The molecule has 2 unspecified atom stereocenters. The first-order valence-electron chi connectivity index (χ1n) is 3.18. The van der Waals surface area contributed by atoms with Gasteiger partial charge in [0.1, 0.15) is 6.10 Å². The first-order chi connectivity index (χ1) is 4.73. The van der Waals surface area contributed by atoms with Crippen LogP contribution in [0.1, 0.15) is 6.42 Å². The van der Waals surface area contributed by atoms with Crippen LogP contribution in [0.3, 0.4) is 0 Å². The summed E-state index contributed by atoms with van der Waals surface area (Å²) in [6.07, 6.45) is 0.639. The van der Waals surface area contributed by atoms with Crippen molar-refractivity contribution in [1.29, 1.82) is 0 Å². The zero-order valence-corrected chi connectivity index (χ0v) is 8.00. The molecule has 0 aromatic heterocycles. The Morgan fingerprint density at radius 3 is 3.00 bits per heavy atom. The van der Waals surface area contributed by atoms with Gasteiger partial charge in [0.25, 0.3) is 0 Å². The quantitative estimate of drug-likeness (QED) is 0.580. The van der Waals surface area contributed by atoms with Gasteiger partial charge in [-0.2, -0.15) is 0 Å². The number of ether oxygens (including phenoxy) is 2. The Hall–Kier alpha value is 0.610. The molecule has 10 heavy (non-hydrogen) atoms. The van der Waals surface area contributed by atoms with Crippen molar-refractivity contribution in [2.24, 2.45) is 0 Å². The SMILES string of the molecule is COC1CCOC1(O)CI. The molecule has 0 aliphatic carbocycles. The lowest BCUT2D eigenvalue weighted by Crippen LogP contribution is -2.41. The zero-order valence-electron chi connectivity index (χ0n) is 5.84. The topological polar surface area (TPSA) is 38.7 Å². The molecule has 1 rings (SSSR count). The molecule has 4 heteroatoms. The summed E-state index contributed by atoms with van der Waals surface area (Å²) < 4.78 is 10.7. The Bertz CT molecular complexity index is 120. The number of rotatable bonds is 2. The zero-order chi connectivity index (χ0) is 7.61. The normalized spacial score (nSPS) is 40.5. The molecule has 0 saturated carbocycles. The summed E-state index contributed by atoms with van der Waals surface area (Å²) in [5, 5.41) is 9.61. The average Bonchev–Trinajstić information content (AvgIpc) is 2.32. The number of halogens is 1. The van der Waals surface area contributed by atoms with Crippen molar-refractivity contribution < 1.29 is 14.6 Å². The third kappa shape index (κ3) is 1.44. The minimum atomic E-state index is -1.03. The summed E-state index contributed by atoms with van der Waals surface area (Å²) in [6, 6.07) is 0. The highest BCUT2D eigenvalue weighted by molar-refractivity contribution is 14.1. The fraction of sp³-hybridized carbons (Fsp3) is 1.00. The molecule has 0 bridgehead atoms. The summed E-state index contributed by atoms with van der Waals surface area (Å²) in [5.41, 5.74) is 0. The summed E-state index contributed by atoms with van der Waals surface area (Å²) in [5.74, 6) is -1.03. The van der Waals surface area contributed by atoms with E-state index in [1.54, 1.807) is 7.11 Å². The van der Waals surface area contributed by atoms with Gasteiger partial charge >= 0.3 is 0 Å². The molecule has 1 N–H and O–H groups in total. The van der Waals surface area contributed by atoms with Gasteiger partial charge in [0, 0.05) is 13.5 Å². The first kappa shape index (κ1) is 8.70. The molecule has 1 aliphatic rings. The van der Waals surface area contributed by atoms with Crippen LogP contribution in [0.25, 0.3) is 0 Å². The molecule has 1 fully saturated rings. The van der Waals surface area contributed by atoms with Crippen molar-refractivity contribution in [3.63, 3.8) is 0 Å². The van der Waals surface area contributed by atoms with E-state index < -0.39 is 5.79 Å². The third-order valence-corrected chi connectivity index (χ3v) is 2.80. The van der Waals surface area contributed by atoms with Crippen LogP contribution in [-0.2, 0) is 9.47 Å². The van der Waals surface area contributed by atoms with Crippen molar-refractivity contribution in [3.05, 3.63) is 0 Å². The summed E-state index contributed by atoms with van der Waals surface area (Å²) >= 11 is 2.09. The van der Waals surface area contributed by atoms with Crippen LogP contribution in [0.15, 0.2) is 0 Å². The number of hydrogen-bond acceptors (Lipinski definition) is 3. The van der Waals surface area contributed by atoms with E-state index in [0.717, 1.165) is 6.42 Å². The maximum absolute atomic E-state index is 9.61. The summed E-state index contributed by atoms with van der Waals surface area (Å²) in [6.45, 7) is 0.595. The Labute approximate surface area is 73.8 Å². The lowest BCUT2D eigenvalue weighted by atomic mass is 10.1. The lowest BCUT2D eigenvalue weighted by molar-refractivity contribution is -0.199. The van der Waals surface area contributed by atoms with Crippen molar-refractivity contribution in [1.82, 2.24) is 0 Å². The highest BCUT2D eigenvalue weighted by atomic mass is 127. The molecule has 1 aliphatic heterocycles. The first-order valence-corrected chi connectivity index (χ1v) is 4.70. The van der Waals surface area contributed by atoms with E-state index in [1.165, 1.54) is 0 Å². The maximum Gasteiger partial charge on any atom is 0.201 e. The van der Waals surface area contributed by atoms with Gasteiger partial charge < -0.3 is 14.6 Å². The number of aliphatic hydroxyl groups is 1. The Morgan fingerprint density at radius 2 is 2.60 bits per heavy atom. The van der Waals surface area contributed by atoms with Gasteiger partial charge in [-0.1, -0.05) is 22.6 Å². The summed E-state index contributed by atoms with van der Waals surface area (Å²) in [4.78, 5) is 0. The van der Waals surface area contributed by atoms with Crippen LogP contribution >= 0.6 is 22.6 Å². The Morgan fingerprint density at radius 1 is 1.90 bits per heavy atom. The van der Waals surface area contributed by atoms with Crippen LogP contribution in [0.2, 0.25) is 0 Å². The van der Waals surface area contributed by atoms with E-state index in [1.807, 2.05) is 0 Å². The van der Waals surface area contributed by atoms with Crippen LogP contribution in [0.5, 0.6) is 0 Å². The second kappa shape index (κ2) is 3.34. The predicted octanol–water partition coefficient (Wildman–Crippen LogP) is 0.545. The Balaban J connectivity index is 2.56. The molecule has 3 nitrogen and oxygen atoms in total. The van der Waals surface area contributed by atoms with Crippen LogP contribution in [0.4, 0.5) is 0 Å². The molecule has 0 amide bonds. The van der Waals surface area contributed by atoms with Gasteiger partial charge in [0.05, 0.1) is 11.0 Å². The smallest absolute Gasteiger partial charge is 0.201 e. The molecule has 0 aromatic carbocycles. The number of methoxy groups -OCH3 is 1. The largest absolute Gasteiger partial charge is 0.376 e. The monoisotopic (exact) mass is 258 g/mol. The minimum Gasteiger partial charge on any atom is -0.376 e. The van der Waals surface area contributed by atoms with Crippen molar-refractivity contribution >= 4 is 22.6 Å². The number of hydrogen-bond donors (Lipinski definition) is 1. The molecule has 0 aromatic rings. The van der Waals surface area contributed by atoms with Crippen molar-refractivity contribution in [3.8, 4) is 0 Å². The minimum absolute atomic E-state index is 0.149. The fourth-order valence-corrected chi connectivity index (χ4v) is 1.80. The molecule has 1 heterocycles. The molecule has 60 valence electrons. The average molecular weight is 258 g/mol. The molecule has 2 atom stereocenters. The van der Waals surface area contributed by atoms with Crippen molar-refractivity contribution in [2.45, 2.75) is 18.3 Å². The van der Waals surface area contributed by atoms with Crippen LogP contribution < -0.4 is 0 Å². The van der Waals surface area contributed by atoms with E-state index in [0.29, 0.717) is 11.0 Å². The summed E-state index contributed by atoms with van der Waals surface area (Å²) in [7, 11) is 1.59. The standard InChI is InChI=1S/C6H11IO3/c1-9-5-2-3-10-6(5,8)4-7/h5,8H,2-4H2,1H3. The lowest BCUT2D eigenvalue weighted by Gasteiger charge is -2.24. The molecule has 0 radical (unpaired) electrons. The van der Waals surface area contributed by atoms with E-state index in [-0.39, 0.29) is 6.10 Å². The number of alkyl halides is 1. The second-order valence-corrected chi connectivity index (χ2v) is 3.10. The fourth-order valence-electron chi connectivity index (χ4n) is 1.09. The third-order valence-electron chi connectivity index (χ3n) is 1.71. The molecular formula is C6H11IO3. The molecule has 1 saturated heterocycles. The van der Waals surface area contributed by atoms with E-state index in [2.05, 4.69) is 22.6 Å². The predicted molar refractivity (Wildman–Crippen MR) is 45.2 cm³/mol. The van der Waals surface area contributed by atoms with Crippen molar-refractivity contribution in [2.75, 3.05) is 18.1 Å². The van der Waals surface area contributed by atoms with Gasteiger partial charge in [-0.3, -0.25) is 0 Å². The van der Waals surface area contributed by atoms with Gasteiger partial charge in [-0.25, -0.2) is 0 Å². The van der Waals surface area contributed by atoms with Crippen LogP contribution in [-0.4, -0.2) is 35.1 Å².